The Morgan fingerprint density at radius 3 is 2.34 bits per heavy atom. The van der Waals surface area contributed by atoms with E-state index in [1.54, 1.807) is 4.90 Å². The molecule has 2 aromatic rings. The molecule has 0 saturated carbocycles. The van der Waals surface area contributed by atoms with Crippen LogP contribution in [0.2, 0.25) is 0 Å². The number of aryl methyl sites for hydroxylation is 3. The van der Waals surface area contributed by atoms with E-state index in [0.29, 0.717) is 31.6 Å². The number of piperidine rings is 1. The lowest BCUT2D eigenvalue weighted by molar-refractivity contribution is -0.115. The normalized spacial score (nSPS) is 17.8. The van der Waals surface area contributed by atoms with E-state index in [-0.39, 0.29) is 11.9 Å². The summed E-state index contributed by atoms with van der Waals surface area (Å²) in [6, 6.07) is 13.7. The second kappa shape index (κ2) is 7.35. The first-order valence-electron chi connectivity index (χ1n) is 9.98. The van der Waals surface area contributed by atoms with Crippen LogP contribution in [0.1, 0.15) is 35.1 Å². The average molecular weight is 390 g/mol. The topological polar surface area (TPSA) is 73.8 Å². The van der Waals surface area contributed by atoms with Gasteiger partial charge in [0.15, 0.2) is 0 Å². The molecule has 0 radical (unpaired) electrons. The van der Waals surface area contributed by atoms with Crippen molar-refractivity contribution in [1.82, 2.24) is 10.2 Å². The highest BCUT2D eigenvalue weighted by atomic mass is 16.2. The molecular formula is C23H26N4O2. The molecule has 2 N–H and O–H groups in total. The SMILES string of the molecule is Cc1ccc(C2=NC3(CCN(C(=O)Nc4ccc(C)cc4C)CC3)NC2=O)cc1. The van der Waals surface area contributed by atoms with Crippen LogP contribution < -0.4 is 10.6 Å². The average Bonchev–Trinajstić information content (AvgIpc) is 3.01. The van der Waals surface area contributed by atoms with Crippen molar-refractivity contribution in [3.8, 4) is 0 Å². The summed E-state index contributed by atoms with van der Waals surface area (Å²) in [7, 11) is 0. The summed E-state index contributed by atoms with van der Waals surface area (Å²) < 4.78 is 0. The highest BCUT2D eigenvalue weighted by Gasteiger charge is 2.42. The molecule has 0 aromatic heterocycles. The van der Waals surface area contributed by atoms with Gasteiger partial charge in [-0.25, -0.2) is 4.79 Å². The van der Waals surface area contributed by atoms with Crippen LogP contribution in [0, 0.1) is 20.8 Å². The van der Waals surface area contributed by atoms with E-state index in [1.807, 2.05) is 57.2 Å². The zero-order valence-electron chi connectivity index (χ0n) is 17.1. The maximum Gasteiger partial charge on any atom is 0.321 e. The van der Waals surface area contributed by atoms with Gasteiger partial charge in [-0.3, -0.25) is 9.79 Å². The molecule has 2 aliphatic heterocycles. The largest absolute Gasteiger partial charge is 0.326 e. The highest BCUT2D eigenvalue weighted by Crippen LogP contribution is 2.29. The van der Waals surface area contributed by atoms with Crippen molar-refractivity contribution >= 4 is 23.3 Å². The number of amides is 3. The lowest BCUT2D eigenvalue weighted by Crippen LogP contribution is -2.53. The fraction of sp³-hybridized carbons (Fsp3) is 0.348. The predicted molar refractivity (Wildman–Crippen MR) is 114 cm³/mol. The molecular weight excluding hydrogens is 364 g/mol. The number of rotatable bonds is 2. The summed E-state index contributed by atoms with van der Waals surface area (Å²) >= 11 is 0. The van der Waals surface area contributed by atoms with Crippen molar-refractivity contribution in [3.63, 3.8) is 0 Å². The Hall–Kier alpha value is -3.15. The summed E-state index contributed by atoms with van der Waals surface area (Å²) in [5.74, 6) is -0.137. The number of urea groups is 1. The number of nitrogens with one attached hydrogen (secondary N) is 2. The predicted octanol–water partition coefficient (Wildman–Crippen LogP) is 3.55. The van der Waals surface area contributed by atoms with Crippen molar-refractivity contribution in [3.05, 3.63) is 64.7 Å². The number of anilines is 1. The van der Waals surface area contributed by atoms with Crippen LogP contribution in [0.3, 0.4) is 0 Å². The molecule has 0 atom stereocenters. The second-order valence-corrected chi connectivity index (χ2v) is 8.05. The molecule has 4 rings (SSSR count). The highest BCUT2D eigenvalue weighted by molar-refractivity contribution is 6.46. The first-order chi connectivity index (χ1) is 13.8. The second-order valence-electron chi connectivity index (χ2n) is 8.05. The molecule has 0 unspecified atom stereocenters. The number of hydrogen-bond acceptors (Lipinski definition) is 3. The van der Waals surface area contributed by atoms with Gasteiger partial charge in [0.2, 0.25) is 0 Å². The van der Waals surface area contributed by atoms with Crippen LogP contribution in [-0.4, -0.2) is 41.3 Å². The molecule has 3 amide bonds. The van der Waals surface area contributed by atoms with Crippen LogP contribution >= 0.6 is 0 Å². The van der Waals surface area contributed by atoms with Gasteiger partial charge in [-0.1, -0.05) is 47.5 Å². The minimum atomic E-state index is -0.603. The van der Waals surface area contributed by atoms with Gasteiger partial charge in [0.25, 0.3) is 5.91 Å². The summed E-state index contributed by atoms with van der Waals surface area (Å²) in [6.45, 7) is 7.12. The Morgan fingerprint density at radius 2 is 1.69 bits per heavy atom. The molecule has 2 aliphatic rings. The van der Waals surface area contributed by atoms with E-state index >= 15 is 0 Å². The zero-order valence-corrected chi connectivity index (χ0v) is 17.1. The number of carbonyl (C=O) groups excluding carboxylic acids is 2. The maximum atomic E-state index is 12.7. The number of aliphatic imine (C=N–C) groups is 1. The van der Waals surface area contributed by atoms with E-state index in [0.717, 1.165) is 22.4 Å². The van der Waals surface area contributed by atoms with E-state index in [4.69, 9.17) is 4.99 Å². The Kier molecular flexibility index (Phi) is 4.86. The van der Waals surface area contributed by atoms with Crippen LogP contribution in [-0.2, 0) is 4.79 Å². The van der Waals surface area contributed by atoms with Crippen molar-refractivity contribution in [2.75, 3.05) is 18.4 Å². The first kappa shape index (κ1) is 19.2. The van der Waals surface area contributed by atoms with E-state index in [1.165, 1.54) is 5.56 Å². The zero-order chi connectivity index (χ0) is 20.6. The van der Waals surface area contributed by atoms with Gasteiger partial charge in [-0.15, -0.1) is 0 Å². The summed E-state index contributed by atoms with van der Waals surface area (Å²) in [5.41, 5.74) is 4.90. The molecule has 2 aromatic carbocycles. The van der Waals surface area contributed by atoms with Gasteiger partial charge in [0, 0.05) is 37.2 Å². The van der Waals surface area contributed by atoms with Gasteiger partial charge >= 0.3 is 6.03 Å². The molecule has 150 valence electrons. The first-order valence-corrected chi connectivity index (χ1v) is 9.98. The third-order valence-electron chi connectivity index (χ3n) is 5.71. The number of benzene rings is 2. The summed E-state index contributed by atoms with van der Waals surface area (Å²) in [5, 5.41) is 6.05. The quantitative estimate of drug-likeness (QED) is 0.823. The van der Waals surface area contributed by atoms with E-state index in [9.17, 15) is 9.59 Å². The third-order valence-corrected chi connectivity index (χ3v) is 5.71. The van der Waals surface area contributed by atoms with E-state index < -0.39 is 5.66 Å². The lowest BCUT2D eigenvalue weighted by Gasteiger charge is -2.37. The number of carbonyl (C=O) groups is 2. The van der Waals surface area contributed by atoms with Crippen molar-refractivity contribution < 1.29 is 9.59 Å². The van der Waals surface area contributed by atoms with Gasteiger partial charge in [0.05, 0.1) is 0 Å². The number of hydrogen-bond donors (Lipinski definition) is 2. The summed E-state index contributed by atoms with van der Waals surface area (Å²) in [6.07, 6.45) is 1.21. The van der Waals surface area contributed by atoms with Gasteiger partial charge in [-0.2, -0.15) is 0 Å². The number of likely N-dealkylation sites (tertiary alicyclic amines) is 1. The van der Waals surface area contributed by atoms with Crippen molar-refractivity contribution in [1.29, 1.82) is 0 Å². The molecule has 0 aliphatic carbocycles. The molecule has 1 spiro atoms. The maximum absolute atomic E-state index is 12.7. The fourth-order valence-corrected chi connectivity index (χ4v) is 3.93. The van der Waals surface area contributed by atoms with Crippen molar-refractivity contribution in [2.24, 2.45) is 4.99 Å². The lowest BCUT2D eigenvalue weighted by atomic mass is 9.98. The Bertz CT molecular complexity index is 986. The molecule has 1 fully saturated rings. The van der Waals surface area contributed by atoms with Crippen LogP contribution in [0.5, 0.6) is 0 Å². The molecule has 6 nitrogen and oxygen atoms in total. The summed E-state index contributed by atoms with van der Waals surface area (Å²) in [4.78, 5) is 31.7. The molecule has 1 saturated heterocycles. The van der Waals surface area contributed by atoms with Gasteiger partial charge in [-0.05, 0) is 32.4 Å². The minimum absolute atomic E-state index is 0.112. The monoisotopic (exact) mass is 390 g/mol. The standard InChI is InChI=1S/C23H26N4O2/c1-15-4-7-18(8-5-15)20-21(28)26-23(25-20)10-12-27(13-11-23)22(29)24-19-9-6-16(2)14-17(19)3/h4-9,14H,10-13H2,1-3H3,(H,24,29)(H,26,28). The molecule has 0 bridgehead atoms. The van der Waals surface area contributed by atoms with Crippen molar-refractivity contribution in [2.45, 2.75) is 39.3 Å². The number of nitrogens with zero attached hydrogens (tertiary/aromatic N) is 2. The molecule has 2 heterocycles. The third kappa shape index (κ3) is 3.88. The Balaban J connectivity index is 1.43. The van der Waals surface area contributed by atoms with Crippen LogP contribution in [0.15, 0.2) is 47.5 Å². The minimum Gasteiger partial charge on any atom is -0.326 e. The van der Waals surface area contributed by atoms with Gasteiger partial charge in [0.1, 0.15) is 11.4 Å². The Labute approximate surface area is 171 Å². The molecule has 6 heteroatoms. The van der Waals surface area contributed by atoms with Crippen LogP contribution in [0.25, 0.3) is 0 Å². The van der Waals surface area contributed by atoms with Gasteiger partial charge < -0.3 is 15.5 Å². The Morgan fingerprint density at radius 1 is 1.03 bits per heavy atom. The molecule has 29 heavy (non-hydrogen) atoms. The van der Waals surface area contributed by atoms with E-state index in [2.05, 4.69) is 16.7 Å². The fourth-order valence-electron chi connectivity index (χ4n) is 3.93. The smallest absolute Gasteiger partial charge is 0.321 e. The van der Waals surface area contributed by atoms with Crippen LogP contribution in [0.4, 0.5) is 10.5 Å².